The molecule has 1 heterocycles. The van der Waals surface area contributed by atoms with Crippen LogP contribution in [0.1, 0.15) is 24.9 Å². The van der Waals surface area contributed by atoms with Crippen LogP contribution in [0.4, 0.5) is 8.78 Å². The van der Waals surface area contributed by atoms with E-state index in [1.807, 2.05) is 6.92 Å². The van der Waals surface area contributed by atoms with Gasteiger partial charge >= 0.3 is 0 Å². The van der Waals surface area contributed by atoms with Crippen LogP contribution in [0.15, 0.2) is 18.2 Å². The smallest absolute Gasteiger partial charge is 0.128 e. The lowest BCUT2D eigenvalue weighted by atomic mass is 9.81. The summed E-state index contributed by atoms with van der Waals surface area (Å²) in [7, 11) is 0. The highest BCUT2D eigenvalue weighted by Crippen LogP contribution is 2.33. The zero-order valence-corrected chi connectivity index (χ0v) is 9.83. The normalized spacial score (nSPS) is 26.8. The van der Waals surface area contributed by atoms with Crippen molar-refractivity contribution in [2.75, 3.05) is 13.2 Å². The van der Waals surface area contributed by atoms with Gasteiger partial charge < -0.3 is 10.5 Å². The molecular formula is C13H17F2NO. The van der Waals surface area contributed by atoms with E-state index < -0.39 is 17.7 Å². The van der Waals surface area contributed by atoms with Crippen molar-refractivity contribution < 1.29 is 13.5 Å². The molecule has 1 aromatic carbocycles. The summed E-state index contributed by atoms with van der Waals surface area (Å²) in [5.41, 5.74) is 6.34. The molecule has 0 aromatic heterocycles. The zero-order valence-electron chi connectivity index (χ0n) is 9.83. The van der Waals surface area contributed by atoms with Crippen molar-refractivity contribution >= 4 is 0 Å². The molecule has 2 N–H and O–H groups in total. The Kier molecular flexibility index (Phi) is 3.74. The van der Waals surface area contributed by atoms with E-state index in [9.17, 15) is 8.78 Å². The minimum absolute atomic E-state index is 0.139. The second kappa shape index (κ2) is 5.10. The Hall–Kier alpha value is -1.00. The molecule has 3 unspecified atom stereocenters. The Morgan fingerprint density at radius 3 is 2.88 bits per heavy atom. The van der Waals surface area contributed by atoms with Crippen LogP contribution in [-0.4, -0.2) is 13.2 Å². The molecule has 0 spiro atoms. The van der Waals surface area contributed by atoms with Crippen molar-refractivity contribution in [1.82, 2.24) is 0 Å². The van der Waals surface area contributed by atoms with Crippen molar-refractivity contribution in [3.05, 3.63) is 35.4 Å². The first kappa shape index (κ1) is 12.5. The maximum absolute atomic E-state index is 13.6. The van der Waals surface area contributed by atoms with E-state index in [2.05, 4.69) is 0 Å². The van der Waals surface area contributed by atoms with E-state index in [1.54, 1.807) is 0 Å². The molecule has 94 valence electrons. The summed E-state index contributed by atoms with van der Waals surface area (Å²) in [4.78, 5) is 0. The van der Waals surface area contributed by atoms with Crippen LogP contribution in [-0.2, 0) is 4.74 Å². The van der Waals surface area contributed by atoms with Gasteiger partial charge in [0.2, 0.25) is 0 Å². The summed E-state index contributed by atoms with van der Waals surface area (Å²) in [6.07, 6.45) is 0.790. The fraction of sp³-hybridized carbons (Fsp3) is 0.538. The summed E-state index contributed by atoms with van der Waals surface area (Å²) < 4.78 is 32.1. The van der Waals surface area contributed by atoms with E-state index in [1.165, 1.54) is 6.07 Å². The van der Waals surface area contributed by atoms with Gasteiger partial charge in [0, 0.05) is 24.8 Å². The second-order valence-corrected chi connectivity index (χ2v) is 4.70. The molecule has 0 bridgehead atoms. The average Bonchev–Trinajstić information content (AvgIpc) is 2.32. The van der Waals surface area contributed by atoms with Crippen LogP contribution in [0, 0.1) is 23.5 Å². The lowest BCUT2D eigenvalue weighted by Gasteiger charge is -2.33. The largest absolute Gasteiger partial charge is 0.381 e. The minimum atomic E-state index is -0.468. The highest BCUT2D eigenvalue weighted by molar-refractivity contribution is 5.23. The van der Waals surface area contributed by atoms with Gasteiger partial charge in [0.1, 0.15) is 11.6 Å². The first-order valence-electron chi connectivity index (χ1n) is 5.88. The third-order valence-corrected chi connectivity index (χ3v) is 3.49. The molecular weight excluding hydrogens is 224 g/mol. The Morgan fingerprint density at radius 1 is 1.41 bits per heavy atom. The molecule has 0 saturated carbocycles. The molecule has 1 fully saturated rings. The fourth-order valence-corrected chi connectivity index (χ4v) is 2.43. The molecule has 0 amide bonds. The molecule has 0 radical (unpaired) electrons. The Bertz CT molecular complexity index is 397. The lowest BCUT2D eigenvalue weighted by Crippen LogP contribution is -2.34. The predicted molar refractivity (Wildman–Crippen MR) is 61.4 cm³/mol. The van der Waals surface area contributed by atoms with Gasteiger partial charge in [0.25, 0.3) is 0 Å². The summed E-state index contributed by atoms with van der Waals surface area (Å²) in [5, 5.41) is 0. The third kappa shape index (κ3) is 2.64. The van der Waals surface area contributed by atoms with Gasteiger partial charge in [-0.15, -0.1) is 0 Å². The molecule has 4 heteroatoms. The molecule has 1 aliphatic heterocycles. The first-order valence-corrected chi connectivity index (χ1v) is 5.88. The SMILES string of the molecule is CC1COCCC1C(N)c1cc(F)ccc1F. The van der Waals surface area contributed by atoms with E-state index >= 15 is 0 Å². The van der Waals surface area contributed by atoms with Crippen LogP contribution in [0.3, 0.4) is 0 Å². The number of hydrogen-bond acceptors (Lipinski definition) is 2. The minimum Gasteiger partial charge on any atom is -0.381 e. The molecule has 1 aromatic rings. The van der Waals surface area contributed by atoms with Crippen LogP contribution >= 0.6 is 0 Å². The number of nitrogens with two attached hydrogens (primary N) is 1. The third-order valence-electron chi connectivity index (χ3n) is 3.49. The quantitative estimate of drug-likeness (QED) is 0.863. The van der Waals surface area contributed by atoms with Crippen molar-refractivity contribution in [2.45, 2.75) is 19.4 Å². The second-order valence-electron chi connectivity index (χ2n) is 4.70. The van der Waals surface area contributed by atoms with Crippen molar-refractivity contribution in [3.63, 3.8) is 0 Å². The number of halogens is 2. The highest BCUT2D eigenvalue weighted by Gasteiger charge is 2.29. The molecule has 2 rings (SSSR count). The topological polar surface area (TPSA) is 35.2 Å². The van der Waals surface area contributed by atoms with Crippen molar-refractivity contribution in [2.24, 2.45) is 17.6 Å². The number of benzene rings is 1. The standard InChI is InChI=1S/C13H17F2NO/c1-8-7-17-5-4-10(8)13(16)11-6-9(14)2-3-12(11)15/h2-3,6,8,10,13H,4-5,7,16H2,1H3. The lowest BCUT2D eigenvalue weighted by molar-refractivity contribution is 0.0150. The van der Waals surface area contributed by atoms with Crippen LogP contribution in [0.25, 0.3) is 0 Å². The number of ether oxygens (including phenoxy) is 1. The summed E-state index contributed by atoms with van der Waals surface area (Å²) in [6, 6.07) is 2.97. The van der Waals surface area contributed by atoms with Gasteiger partial charge in [-0.05, 0) is 36.5 Å². The van der Waals surface area contributed by atoms with Crippen LogP contribution in [0.2, 0.25) is 0 Å². The molecule has 1 saturated heterocycles. The fourth-order valence-electron chi connectivity index (χ4n) is 2.43. The zero-order chi connectivity index (χ0) is 12.4. The molecule has 2 nitrogen and oxygen atoms in total. The number of hydrogen-bond donors (Lipinski definition) is 1. The Balaban J connectivity index is 2.23. The van der Waals surface area contributed by atoms with Gasteiger partial charge in [-0.25, -0.2) is 8.78 Å². The highest BCUT2D eigenvalue weighted by atomic mass is 19.1. The predicted octanol–water partition coefficient (Wildman–Crippen LogP) is 2.64. The van der Waals surface area contributed by atoms with E-state index in [4.69, 9.17) is 10.5 Å². The molecule has 17 heavy (non-hydrogen) atoms. The van der Waals surface area contributed by atoms with Gasteiger partial charge in [0.05, 0.1) is 0 Å². The van der Waals surface area contributed by atoms with E-state index in [0.29, 0.717) is 13.2 Å². The Labute approximate surface area is 99.8 Å². The van der Waals surface area contributed by atoms with Gasteiger partial charge in [0.15, 0.2) is 0 Å². The summed E-state index contributed by atoms with van der Waals surface area (Å²) >= 11 is 0. The van der Waals surface area contributed by atoms with Gasteiger partial charge in [-0.2, -0.15) is 0 Å². The summed E-state index contributed by atoms with van der Waals surface area (Å²) in [6.45, 7) is 3.30. The number of rotatable bonds is 2. The maximum atomic E-state index is 13.6. The van der Waals surface area contributed by atoms with E-state index in [0.717, 1.165) is 18.6 Å². The monoisotopic (exact) mass is 241 g/mol. The molecule has 0 aliphatic carbocycles. The van der Waals surface area contributed by atoms with Crippen LogP contribution in [0.5, 0.6) is 0 Å². The van der Waals surface area contributed by atoms with Gasteiger partial charge in [-0.1, -0.05) is 6.92 Å². The van der Waals surface area contributed by atoms with Gasteiger partial charge in [-0.3, -0.25) is 0 Å². The van der Waals surface area contributed by atoms with Crippen LogP contribution < -0.4 is 5.73 Å². The maximum Gasteiger partial charge on any atom is 0.128 e. The summed E-state index contributed by atoms with van der Waals surface area (Å²) in [5.74, 6) is -0.476. The van der Waals surface area contributed by atoms with E-state index in [-0.39, 0.29) is 17.4 Å². The molecule has 3 atom stereocenters. The van der Waals surface area contributed by atoms with Crippen molar-refractivity contribution in [1.29, 1.82) is 0 Å². The molecule has 1 aliphatic rings. The Morgan fingerprint density at radius 2 is 2.18 bits per heavy atom. The average molecular weight is 241 g/mol. The first-order chi connectivity index (χ1) is 8.09. The van der Waals surface area contributed by atoms with Crippen molar-refractivity contribution in [3.8, 4) is 0 Å².